The summed E-state index contributed by atoms with van der Waals surface area (Å²) in [7, 11) is 0. The number of hydrazine groups is 1. The molecule has 0 spiro atoms. The second kappa shape index (κ2) is 8.74. The molecule has 3 heterocycles. The molecule has 0 fully saturated rings. The number of hydrogen-bond donors (Lipinski definition) is 2. The predicted molar refractivity (Wildman–Crippen MR) is 132 cm³/mol. The van der Waals surface area contributed by atoms with Crippen molar-refractivity contribution in [1.82, 2.24) is 25.6 Å². The van der Waals surface area contributed by atoms with E-state index in [0.29, 0.717) is 22.8 Å². The molecule has 0 bridgehead atoms. The smallest absolute Gasteiger partial charge is 0.271 e. The van der Waals surface area contributed by atoms with Crippen LogP contribution in [0.4, 0.5) is 10.1 Å². The van der Waals surface area contributed by atoms with Gasteiger partial charge in [-0.05, 0) is 72.0 Å². The minimum absolute atomic E-state index is 0.299. The molecule has 4 aromatic rings. The summed E-state index contributed by atoms with van der Waals surface area (Å²) in [6.45, 7) is 2.00. The highest BCUT2D eigenvalue weighted by atomic mass is 127. The van der Waals surface area contributed by atoms with Gasteiger partial charge in [-0.15, -0.1) is 0 Å². The summed E-state index contributed by atoms with van der Waals surface area (Å²) in [5, 5.41) is 9.23. The van der Waals surface area contributed by atoms with E-state index in [1.54, 1.807) is 35.5 Å². The number of pyridine rings is 1. The number of amidine groups is 1. The highest BCUT2D eigenvalue weighted by Crippen LogP contribution is 2.43. The number of carbonyl (C=O) groups excluding carboxylic acids is 1. The molecule has 1 aliphatic heterocycles. The van der Waals surface area contributed by atoms with E-state index in [0.717, 1.165) is 22.4 Å². The third kappa shape index (κ3) is 4.11. The van der Waals surface area contributed by atoms with Gasteiger partial charge in [0, 0.05) is 23.5 Å². The number of H-pyrrole nitrogens is 1. The van der Waals surface area contributed by atoms with Crippen LogP contribution in [0.5, 0.6) is 0 Å². The Morgan fingerprint density at radius 1 is 1.12 bits per heavy atom. The largest absolute Gasteiger partial charge is 0.277 e. The number of benzene rings is 2. The van der Waals surface area contributed by atoms with E-state index in [1.165, 1.54) is 18.3 Å². The van der Waals surface area contributed by atoms with Crippen molar-refractivity contribution in [2.75, 3.05) is 0 Å². The van der Waals surface area contributed by atoms with Crippen molar-refractivity contribution < 1.29 is 9.18 Å². The van der Waals surface area contributed by atoms with E-state index in [2.05, 4.69) is 43.2 Å². The Morgan fingerprint density at radius 2 is 1.94 bits per heavy atom. The first-order valence-electron chi connectivity index (χ1n) is 10.2. The van der Waals surface area contributed by atoms with Crippen LogP contribution in [-0.2, 0) is 0 Å². The van der Waals surface area contributed by atoms with E-state index in [1.807, 2.05) is 31.2 Å². The lowest BCUT2D eigenvalue weighted by Crippen LogP contribution is -2.48. The van der Waals surface area contributed by atoms with Gasteiger partial charge in [-0.3, -0.25) is 20.3 Å². The Balaban J connectivity index is 1.61. The molecule has 9 heteroatoms. The monoisotopic (exact) mass is 552 g/mol. The number of rotatable bonds is 4. The van der Waals surface area contributed by atoms with Crippen molar-refractivity contribution >= 4 is 40.0 Å². The summed E-state index contributed by atoms with van der Waals surface area (Å²) in [5.41, 5.74) is 8.08. The molecule has 0 radical (unpaired) electrons. The number of halogens is 2. The van der Waals surface area contributed by atoms with Gasteiger partial charge in [0.15, 0.2) is 5.84 Å². The van der Waals surface area contributed by atoms with Crippen molar-refractivity contribution in [3.63, 3.8) is 0 Å². The molecule has 7 nitrogen and oxygen atoms in total. The second-order valence-corrected chi connectivity index (χ2v) is 8.71. The van der Waals surface area contributed by atoms with Crippen molar-refractivity contribution in [2.24, 2.45) is 4.99 Å². The van der Waals surface area contributed by atoms with Gasteiger partial charge in [-0.1, -0.05) is 23.8 Å². The lowest BCUT2D eigenvalue weighted by atomic mass is 10.1. The fourth-order valence-electron chi connectivity index (χ4n) is 3.60. The van der Waals surface area contributed by atoms with Crippen molar-refractivity contribution in [3.8, 4) is 11.3 Å². The molecular weight excluding hydrogens is 534 g/mol. The van der Waals surface area contributed by atoms with Gasteiger partial charge < -0.3 is 0 Å². The number of nitrogens with one attached hydrogen (secondary N) is 2. The van der Waals surface area contributed by atoms with Crippen molar-refractivity contribution in [3.05, 3.63) is 101 Å². The average molecular weight is 552 g/mol. The van der Waals surface area contributed by atoms with Crippen LogP contribution in [0.3, 0.4) is 0 Å². The molecular formula is C24H18FIN6O. The first-order valence-corrected chi connectivity index (χ1v) is 11.4. The highest BCUT2D eigenvalue weighted by molar-refractivity contribution is 14.1. The highest BCUT2D eigenvalue weighted by Gasteiger charge is 2.34. The quantitative estimate of drug-likeness (QED) is 0.210. The number of hydrogen-bond acceptors (Lipinski definition) is 5. The molecule has 1 atom stereocenters. The number of aromatic amines is 1. The predicted octanol–water partition coefficient (Wildman–Crippen LogP) is 5.09. The van der Waals surface area contributed by atoms with E-state index in [9.17, 15) is 9.18 Å². The minimum Gasteiger partial charge on any atom is -0.277 e. The molecule has 0 saturated carbocycles. The van der Waals surface area contributed by atoms with Gasteiger partial charge in [0.05, 0.1) is 11.3 Å². The maximum atomic E-state index is 13.5. The van der Waals surface area contributed by atoms with Crippen LogP contribution in [0.25, 0.3) is 11.3 Å². The van der Waals surface area contributed by atoms with Crippen LogP contribution in [0.2, 0.25) is 0 Å². The molecule has 1 unspecified atom stereocenters. The van der Waals surface area contributed by atoms with Crippen LogP contribution < -0.4 is 5.43 Å². The molecule has 0 aliphatic carbocycles. The number of carbonyl (C=O) groups is 1. The lowest BCUT2D eigenvalue weighted by molar-refractivity contribution is 0.0864. The molecule has 2 N–H and O–H groups in total. The van der Waals surface area contributed by atoms with E-state index in [4.69, 9.17) is 4.99 Å². The van der Waals surface area contributed by atoms with Gasteiger partial charge >= 0.3 is 0 Å². The molecule has 164 valence electrons. The molecule has 2 aromatic carbocycles. The normalized spacial score (nSPS) is 15.1. The summed E-state index contributed by atoms with van der Waals surface area (Å²) in [4.78, 5) is 21.9. The first kappa shape index (κ1) is 21.3. The number of nitrogens with zero attached hydrogens (tertiary/aromatic N) is 4. The maximum Gasteiger partial charge on any atom is 0.271 e. The van der Waals surface area contributed by atoms with E-state index < -0.39 is 0 Å². The minimum atomic E-state index is -0.326. The zero-order valence-corrected chi connectivity index (χ0v) is 19.6. The molecule has 1 aliphatic rings. The van der Waals surface area contributed by atoms with E-state index >= 15 is 0 Å². The maximum absolute atomic E-state index is 13.5. The number of amides is 1. The molecule has 5 rings (SSSR count). The lowest BCUT2D eigenvalue weighted by Gasteiger charge is -2.33. The third-order valence-corrected chi connectivity index (χ3v) is 6.40. The van der Waals surface area contributed by atoms with Gasteiger partial charge in [0.25, 0.3) is 5.91 Å². The summed E-state index contributed by atoms with van der Waals surface area (Å²) >= 11 is 2.24. The average Bonchev–Trinajstić information content (AvgIpc) is 3.26. The number of aliphatic imine (C=N–C) groups is 1. The van der Waals surface area contributed by atoms with Crippen LogP contribution in [-0.4, -0.2) is 31.9 Å². The van der Waals surface area contributed by atoms with E-state index in [-0.39, 0.29) is 15.8 Å². The number of fused-ring (bicyclic) bond motifs is 1. The SMILES string of the molecule is Cc1cccc(C2=Nc3c(-c4ccc(F)cc4)n[nH]c3C(I)N2NC(=O)c2cccnc2)c1. The first-order chi connectivity index (χ1) is 16.0. The van der Waals surface area contributed by atoms with Crippen molar-refractivity contribution in [1.29, 1.82) is 0 Å². The van der Waals surface area contributed by atoms with Gasteiger partial charge in [-0.2, -0.15) is 5.10 Å². The molecule has 33 heavy (non-hydrogen) atoms. The number of alkyl halides is 1. The molecule has 0 saturated heterocycles. The summed E-state index contributed by atoms with van der Waals surface area (Å²) in [6.07, 6.45) is 3.13. The van der Waals surface area contributed by atoms with Gasteiger partial charge in [0.1, 0.15) is 21.2 Å². The Hall–Kier alpha value is -3.60. The third-order valence-electron chi connectivity index (χ3n) is 5.22. The van der Waals surface area contributed by atoms with Crippen LogP contribution in [0.1, 0.15) is 31.2 Å². The number of aromatic nitrogens is 3. The van der Waals surface area contributed by atoms with Crippen LogP contribution in [0.15, 0.2) is 78.0 Å². The summed E-state index contributed by atoms with van der Waals surface area (Å²) < 4.78 is 13.1. The van der Waals surface area contributed by atoms with Crippen LogP contribution >= 0.6 is 22.6 Å². The fraction of sp³-hybridized carbons (Fsp3) is 0.0833. The number of aryl methyl sites for hydroxylation is 1. The van der Waals surface area contributed by atoms with Crippen LogP contribution in [0, 0.1) is 12.7 Å². The zero-order chi connectivity index (χ0) is 22.9. The topological polar surface area (TPSA) is 86.3 Å². The summed E-state index contributed by atoms with van der Waals surface area (Å²) in [6, 6.07) is 17.4. The fourth-order valence-corrected chi connectivity index (χ4v) is 4.44. The Kier molecular flexibility index (Phi) is 5.63. The van der Waals surface area contributed by atoms with Gasteiger partial charge in [-0.25, -0.2) is 14.4 Å². The Labute approximate surface area is 202 Å². The van der Waals surface area contributed by atoms with Crippen molar-refractivity contribution in [2.45, 2.75) is 11.0 Å². The Bertz CT molecular complexity index is 1350. The van der Waals surface area contributed by atoms with Gasteiger partial charge in [0.2, 0.25) is 0 Å². The molecule has 2 aromatic heterocycles. The Morgan fingerprint density at radius 3 is 2.67 bits per heavy atom. The standard InChI is InChI=1S/C24H18FIN6O/c1-14-4-2-5-16(12-14)23-28-20-19(15-7-9-18(25)10-8-15)29-30-21(20)22(26)32(23)31-24(33)17-6-3-11-27-13-17/h2-13,22H,1H3,(H,29,30)(H,31,33). The zero-order valence-electron chi connectivity index (χ0n) is 17.5. The second-order valence-electron chi connectivity index (χ2n) is 7.53. The molecule has 1 amide bonds. The summed E-state index contributed by atoms with van der Waals surface area (Å²) in [5.74, 6) is -0.0393.